The van der Waals surface area contributed by atoms with Gasteiger partial charge in [-0.1, -0.05) is 12.0 Å². The fourth-order valence-electron chi connectivity index (χ4n) is 3.28. The number of carbonyl (C=O) groups is 2. The molecule has 0 aliphatic rings. The standard InChI is InChI=1S/C27H22N4O5/c1-35-24-17-21-20(16-22(24)30-26(33)7-3-5-15-32)23(12-14-28-21)36-19-10-8-18(9-11-19)27(34)31-25-6-2-4-13-29-25/h2,4,6,8-14,16-17,32H,5,15H2,1H3,(H,30,33)(H,29,31,34). The maximum atomic E-state index is 12.5. The summed E-state index contributed by atoms with van der Waals surface area (Å²) < 4.78 is 11.5. The third kappa shape index (κ3) is 5.94. The van der Waals surface area contributed by atoms with Crippen molar-refractivity contribution in [3.8, 4) is 29.1 Å². The molecule has 36 heavy (non-hydrogen) atoms. The zero-order valence-corrected chi connectivity index (χ0v) is 19.3. The van der Waals surface area contributed by atoms with Crippen molar-refractivity contribution >= 4 is 34.2 Å². The largest absolute Gasteiger partial charge is 0.494 e. The third-order valence-corrected chi connectivity index (χ3v) is 4.96. The van der Waals surface area contributed by atoms with E-state index < -0.39 is 5.91 Å². The number of aliphatic hydroxyl groups is 1. The van der Waals surface area contributed by atoms with Gasteiger partial charge >= 0.3 is 0 Å². The van der Waals surface area contributed by atoms with Gasteiger partial charge in [-0.25, -0.2) is 4.98 Å². The summed E-state index contributed by atoms with van der Waals surface area (Å²) in [6.45, 7) is -0.123. The lowest BCUT2D eigenvalue weighted by molar-refractivity contribution is -0.111. The van der Waals surface area contributed by atoms with Crippen LogP contribution in [-0.2, 0) is 4.79 Å². The highest BCUT2D eigenvalue weighted by Crippen LogP contribution is 2.35. The van der Waals surface area contributed by atoms with Gasteiger partial charge in [-0.3, -0.25) is 14.6 Å². The van der Waals surface area contributed by atoms with E-state index >= 15 is 0 Å². The molecule has 2 aromatic carbocycles. The molecule has 180 valence electrons. The van der Waals surface area contributed by atoms with E-state index in [2.05, 4.69) is 32.4 Å². The average Bonchev–Trinajstić information content (AvgIpc) is 2.90. The van der Waals surface area contributed by atoms with Crippen LogP contribution in [0, 0.1) is 11.8 Å². The Hall–Kier alpha value is -4.94. The number of nitrogens with one attached hydrogen (secondary N) is 2. The molecule has 0 unspecified atom stereocenters. The van der Waals surface area contributed by atoms with E-state index in [1.54, 1.807) is 73.1 Å². The molecule has 0 saturated carbocycles. The summed E-state index contributed by atoms with van der Waals surface area (Å²) in [7, 11) is 1.49. The number of anilines is 2. The molecule has 2 amide bonds. The Kier molecular flexibility index (Phi) is 7.70. The van der Waals surface area contributed by atoms with Gasteiger partial charge in [0, 0.05) is 35.8 Å². The highest BCUT2D eigenvalue weighted by Gasteiger charge is 2.13. The molecule has 4 rings (SSSR count). The molecule has 0 radical (unpaired) electrons. The van der Waals surface area contributed by atoms with E-state index in [4.69, 9.17) is 14.6 Å². The molecule has 0 fully saturated rings. The molecule has 0 aliphatic heterocycles. The van der Waals surface area contributed by atoms with Gasteiger partial charge in [0.2, 0.25) is 0 Å². The van der Waals surface area contributed by atoms with Crippen LogP contribution in [0.25, 0.3) is 10.9 Å². The number of aromatic nitrogens is 2. The molecular weight excluding hydrogens is 460 g/mol. The molecule has 0 spiro atoms. The van der Waals surface area contributed by atoms with E-state index in [0.717, 1.165) is 0 Å². The molecule has 9 nitrogen and oxygen atoms in total. The van der Waals surface area contributed by atoms with Crippen molar-refractivity contribution in [2.75, 3.05) is 24.4 Å². The maximum absolute atomic E-state index is 12.5. The van der Waals surface area contributed by atoms with Gasteiger partial charge in [0.1, 0.15) is 23.1 Å². The van der Waals surface area contributed by atoms with Gasteiger partial charge in [0.05, 0.1) is 24.9 Å². The lowest BCUT2D eigenvalue weighted by atomic mass is 10.1. The van der Waals surface area contributed by atoms with Crippen molar-refractivity contribution in [1.82, 2.24) is 9.97 Å². The SMILES string of the molecule is COc1cc2nccc(Oc3ccc(C(=O)Nc4ccccn4)cc3)c2cc1NC(=O)C#CCCO. The Bertz CT molecular complexity index is 1440. The summed E-state index contributed by atoms with van der Waals surface area (Å²) in [4.78, 5) is 33.1. The van der Waals surface area contributed by atoms with Crippen LogP contribution in [0.5, 0.6) is 17.2 Å². The summed E-state index contributed by atoms with van der Waals surface area (Å²) in [5.41, 5.74) is 1.44. The van der Waals surface area contributed by atoms with Crippen LogP contribution in [0.3, 0.4) is 0 Å². The Morgan fingerprint density at radius 2 is 1.81 bits per heavy atom. The first-order chi connectivity index (χ1) is 17.6. The molecule has 0 bridgehead atoms. The van der Waals surface area contributed by atoms with E-state index in [0.29, 0.717) is 45.2 Å². The molecule has 4 aromatic rings. The predicted molar refractivity (Wildman–Crippen MR) is 135 cm³/mol. The second-order valence-electron chi connectivity index (χ2n) is 7.40. The number of rotatable bonds is 7. The van der Waals surface area contributed by atoms with Crippen LogP contribution < -0.4 is 20.1 Å². The number of hydrogen-bond donors (Lipinski definition) is 3. The van der Waals surface area contributed by atoms with Gasteiger partial charge in [-0.15, -0.1) is 0 Å². The Morgan fingerprint density at radius 1 is 0.972 bits per heavy atom. The van der Waals surface area contributed by atoms with Crippen LogP contribution in [0.4, 0.5) is 11.5 Å². The smallest absolute Gasteiger partial charge is 0.300 e. The second-order valence-corrected chi connectivity index (χ2v) is 7.40. The van der Waals surface area contributed by atoms with E-state index in [1.165, 1.54) is 7.11 Å². The van der Waals surface area contributed by atoms with Crippen molar-refractivity contribution in [3.05, 3.63) is 78.6 Å². The van der Waals surface area contributed by atoms with E-state index in [1.807, 2.05) is 0 Å². The second kappa shape index (κ2) is 11.5. The van der Waals surface area contributed by atoms with Crippen molar-refractivity contribution in [1.29, 1.82) is 0 Å². The Balaban J connectivity index is 1.55. The minimum Gasteiger partial charge on any atom is -0.494 e. The minimum absolute atomic E-state index is 0.123. The number of ether oxygens (including phenoxy) is 2. The van der Waals surface area contributed by atoms with Crippen LogP contribution in [0.1, 0.15) is 16.8 Å². The van der Waals surface area contributed by atoms with Gasteiger partial charge in [-0.2, -0.15) is 0 Å². The van der Waals surface area contributed by atoms with Crippen molar-refractivity contribution < 1.29 is 24.2 Å². The summed E-state index contributed by atoms with van der Waals surface area (Å²) in [5, 5.41) is 14.9. The Morgan fingerprint density at radius 3 is 2.53 bits per heavy atom. The van der Waals surface area contributed by atoms with Crippen LogP contribution in [-0.4, -0.2) is 40.6 Å². The zero-order chi connectivity index (χ0) is 25.3. The number of amides is 2. The molecule has 2 aromatic heterocycles. The molecule has 0 aliphatic carbocycles. The number of aliphatic hydroxyl groups excluding tert-OH is 1. The van der Waals surface area contributed by atoms with Crippen LogP contribution in [0.15, 0.2) is 73.1 Å². The number of carbonyl (C=O) groups excluding carboxylic acids is 2. The number of pyridine rings is 2. The summed E-state index contributed by atoms with van der Waals surface area (Å²) >= 11 is 0. The monoisotopic (exact) mass is 482 g/mol. The van der Waals surface area contributed by atoms with E-state index in [-0.39, 0.29) is 18.9 Å². The van der Waals surface area contributed by atoms with Gasteiger partial charge < -0.3 is 25.2 Å². The molecule has 0 atom stereocenters. The first kappa shape index (κ1) is 24.2. The fraction of sp³-hybridized carbons (Fsp3) is 0.111. The Labute approximate surface area is 207 Å². The summed E-state index contributed by atoms with van der Waals surface area (Å²) in [6.07, 6.45) is 3.40. The molecule has 2 heterocycles. The molecule has 3 N–H and O–H groups in total. The number of nitrogens with zero attached hydrogens (tertiary/aromatic N) is 2. The molecular formula is C27H22N4O5. The highest BCUT2D eigenvalue weighted by atomic mass is 16.5. The number of hydrogen-bond acceptors (Lipinski definition) is 7. The fourth-order valence-corrected chi connectivity index (χ4v) is 3.28. The lowest BCUT2D eigenvalue weighted by Gasteiger charge is -2.13. The highest BCUT2D eigenvalue weighted by molar-refractivity contribution is 6.06. The van der Waals surface area contributed by atoms with Gasteiger partial charge in [0.25, 0.3) is 11.8 Å². The minimum atomic E-state index is -0.535. The number of fused-ring (bicyclic) bond motifs is 1. The topological polar surface area (TPSA) is 123 Å². The average molecular weight is 482 g/mol. The van der Waals surface area contributed by atoms with Crippen molar-refractivity contribution in [2.24, 2.45) is 0 Å². The van der Waals surface area contributed by atoms with Crippen LogP contribution in [0.2, 0.25) is 0 Å². The van der Waals surface area contributed by atoms with E-state index in [9.17, 15) is 9.59 Å². The van der Waals surface area contributed by atoms with Crippen molar-refractivity contribution in [2.45, 2.75) is 6.42 Å². The first-order valence-electron chi connectivity index (χ1n) is 10.9. The molecule has 0 saturated heterocycles. The van der Waals surface area contributed by atoms with Gasteiger partial charge in [-0.05, 0) is 54.5 Å². The van der Waals surface area contributed by atoms with Gasteiger partial charge in [0.15, 0.2) is 0 Å². The lowest BCUT2D eigenvalue weighted by Crippen LogP contribution is -2.12. The number of benzene rings is 2. The third-order valence-electron chi connectivity index (χ3n) is 4.96. The normalized spacial score (nSPS) is 10.2. The number of methoxy groups -OCH3 is 1. The predicted octanol–water partition coefficient (Wildman–Crippen LogP) is 4.01. The zero-order valence-electron chi connectivity index (χ0n) is 19.3. The quantitative estimate of drug-likeness (QED) is 0.340. The maximum Gasteiger partial charge on any atom is 0.300 e. The van der Waals surface area contributed by atoms with Crippen molar-refractivity contribution in [3.63, 3.8) is 0 Å². The van der Waals surface area contributed by atoms with Crippen LogP contribution >= 0.6 is 0 Å². The summed E-state index contributed by atoms with van der Waals surface area (Å²) in [6, 6.07) is 17.0. The first-order valence-corrected chi connectivity index (χ1v) is 10.9. The summed E-state index contributed by atoms with van der Waals surface area (Å²) in [5.74, 6) is 6.05. The molecule has 9 heteroatoms.